The molecular weight excluding hydrogens is 329 g/mol. The summed E-state index contributed by atoms with van der Waals surface area (Å²) in [6, 6.07) is 12.4. The van der Waals surface area contributed by atoms with Gasteiger partial charge in [0.1, 0.15) is 11.6 Å². The van der Waals surface area contributed by atoms with Crippen molar-refractivity contribution < 1.29 is 4.39 Å². The number of rotatable bonds is 3. The second kappa shape index (κ2) is 7.58. The van der Waals surface area contributed by atoms with E-state index in [0.717, 1.165) is 49.7 Å². The summed E-state index contributed by atoms with van der Waals surface area (Å²) in [5.41, 5.74) is 2.12. The lowest BCUT2D eigenvalue weighted by Crippen LogP contribution is -2.28. The Bertz CT molecular complexity index is 876. The summed E-state index contributed by atoms with van der Waals surface area (Å²) < 4.78 is 14.3. The van der Waals surface area contributed by atoms with Crippen molar-refractivity contribution in [1.82, 2.24) is 20.3 Å². The van der Waals surface area contributed by atoms with Crippen LogP contribution in [0.4, 0.5) is 10.2 Å². The van der Waals surface area contributed by atoms with Crippen LogP contribution in [-0.4, -0.2) is 41.1 Å². The number of hydrogen-bond acceptors (Lipinski definition) is 5. The van der Waals surface area contributed by atoms with E-state index in [1.165, 1.54) is 6.07 Å². The zero-order chi connectivity index (χ0) is 17.8. The lowest BCUT2D eigenvalue weighted by atomic mass is 10.1. The van der Waals surface area contributed by atoms with E-state index in [-0.39, 0.29) is 5.82 Å². The third-order valence-electron chi connectivity index (χ3n) is 4.47. The van der Waals surface area contributed by atoms with Crippen molar-refractivity contribution in [3.63, 3.8) is 0 Å². The summed E-state index contributed by atoms with van der Waals surface area (Å²) in [7, 11) is 0. The zero-order valence-corrected chi connectivity index (χ0v) is 14.4. The van der Waals surface area contributed by atoms with E-state index < -0.39 is 0 Å². The van der Waals surface area contributed by atoms with Gasteiger partial charge in [0.25, 0.3) is 0 Å². The summed E-state index contributed by atoms with van der Waals surface area (Å²) in [5.74, 6) is 0.918. The Morgan fingerprint density at radius 3 is 2.65 bits per heavy atom. The van der Waals surface area contributed by atoms with E-state index in [0.29, 0.717) is 11.4 Å². The number of nitrogens with one attached hydrogen (secondary N) is 1. The SMILES string of the molecule is Fc1ccccc1-c1nc(-c2ccncc2)cc(N2CCCNCC2)n1. The van der Waals surface area contributed by atoms with Crippen LogP contribution in [0.3, 0.4) is 0 Å². The summed E-state index contributed by atoms with van der Waals surface area (Å²) in [4.78, 5) is 15.6. The number of anilines is 1. The van der Waals surface area contributed by atoms with Gasteiger partial charge in [0, 0.05) is 43.7 Å². The first kappa shape index (κ1) is 16.6. The highest BCUT2D eigenvalue weighted by atomic mass is 19.1. The molecule has 0 radical (unpaired) electrons. The van der Waals surface area contributed by atoms with Gasteiger partial charge in [0.05, 0.1) is 11.3 Å². The van der Waals surface area contributed by atoms with Crippen molar-refractivity contribution in [2.24, 2.45) is 0 Å². The molecular formula is C20H20FN5. The molecule has 6 heteroatoms. The molecule has 0 atom stereocenters. The van der Waals surface area contributed by atoms with Crippen LogP contribution in [0.5, 0.6) is 0 Å². The van der Waals surface area contributed by atoms with Crippen molar-refractivity contribution in [2.75, 3.05) is 31.1 Å². The molecule has 1 fully saturated rings. The van der Waals surface area contributed by atoms with Crippen LogP contribution in [0, 0.1) is 5.82 Å². The quantitative estimate of drug-likeness (QED) is 0.787. The van der Waals surface area contributed by atoms with Crippen molar-refractivity contribution in [3.05, 3.63) is 60.7 Å². The fraction of sp³-hybridized carbons (Fsp3) is 0.250. The van der Waals surface area contributed by atoms with Crippen LogP contribution in [0.1, 0.15) is 6.42 Å². The topological polar surface area (TPSA) is 53.9 Å². The molecule has 3 aromatic rings. The van der Waals surface area contributed by atoms with Gasteiger partial charge in [-0.3, -0.25) is 4.98 Å². The van der Waals surface area contributed by atoms with Crippen molar-refractivity contribution in [2.45, 2.75) is 6.42 Å². The van der Waals surface area contributed by atoms with Gasteiger partial charge in [-0.2, -0.15) is 0 Å². The number of pyridine rings is 1. The highest BCUT2D eigenvalue weighted by Crippen LogP contribution is 2.27. The van der Waals surface area contributed by atoms with E-state index >= 15 is 0 Å². The van der Waals surface area contributed by atoms with Gasteiger partial charge in [-0.15, -0.1) is 0 Å². The van der Waals surface area contributed by atoms with Crippen molar-refractivity contribution in [3.8, 4) is 22.6 Å². The Labute approximate surface area is 151 Å². The van der Waals surface area contributed by atoms with Crippen LogP contribution in [0.2, 0.25) is 0 Å². The Hall–Kier alpha value is -2.86. The fourth-order valence-electron chi connectivity index (χ4n) is 3.10. The molecule has 26 heavy (non-hydrogen) atoms. The van der Waals surface area contributed by atoms with Gasteiger partial charge in [-0.25, -0.2) is 14.4 Å². The number of aromatic nitrogens is 3. The normalized spacial score (nSPS) is 14.9. The largest absolute Gasteiger partial charge is 0.355 e. The smallest absolute Gasteiger partial charge is 0.165 e. The van der Waals surface area contributed by atoms with Gasteiger partial charge in [-0.05, 0) is 37.2 Å². The number of halogens is 1. The van der Waals surface area contributed by atoms with Gasteiger partial charge in [-0.1, -0.05) is 12.1 Å². The molecule has 132 valence electrons. The monoisotopic (exact) mass is 349 g/mol. The average molecular weight is 349 g/mol. The second-order valence-electron chi connectivity index (χ2n) is 6.24. The van der Waals surface area contributed by atoms with Crippen LogP contribution in [0.15, 0.2) is 54.9 Å². The van der Waals surface area contributed by atoms with Crippen molar-refractivity contribution >= 4 is 5.82 Å². The predicted octanol–water partition coefficient (Wildman–Crippen LogP) is 3.14. The van der Waals surface area contributed by atoms with Gasteiger partial charge >= 0.3 is 0 Å². The molecule has 2 aromatic heterocycles. The Morgan fingerprint density at radius 1 is 0.962 bits per heavy atom. The van der Waals surface area contributed by atoms with Crippen LogP contribution in [0.25, 0.3) is 22.6 Å². The molecule has 0 saturated carbocycles. The predicted molar refractivity (Wildman–Crippen MR) is 100 cm³/mol. The maximum absolute atomic E-state index is 14.3. The number of benzene rings is 1. The molecule has 5 nitrogen and oxygen atoms in total. The lowest BCUT2D eigenvalue weighted by molar-refractivity contribution is 0.630. The lowest BCUT2D eigenvalue weighted by Gasteiger charge is -2.22. The summed E-state index contributed by atoms with van der Waals surface area (Å²) in [6.07, 6.45) is 4.51. The van der Waals surface area contributed by atoms with Crippen LogP contribution < -0.4 is 10.2 Å². The standard InChI is InChI=1S/C20H20FN5/c21-17-5-2-1-4-16(17)20-24-18(15-6-9-23-10-7-15)14-19(25-20)26-12-3-8-22-11-13-26/h1-2,4-7,9-10,14,22H,3,8,11-13H2. The van der Waals surface area contributed by atoms with E-state index in [1.54, 1.807) is 30.6 Å². The number of nitrogens with zero attached hydrogens (tertiary/aromatic N) is 4. The summed E-state index contributed by atoms with van der Waals surface area (Å²) in [5, 5.41) is 3.40. The highest BCUT2D eigenvalue weighted by Gasteiger charge is 2.16. The van der Waals surface area contributed by atoms with E-state index in [9.17, 15) is 4.39 Å². The molecule has 3 heterocycles. The van der Waals surface area contributed by atoms with Gasteiger partial charge < -0.3 is 10.2 Å². The molecule has 0 amide bonds. The molecule has 1 aliphatic heterocycles. The molecule has 0 aliphatic carbocycles. The second-order valence-corrected chi connectivity index (χ2v) is 6.24. The van der Waals surface area contributed by atoms with Gasteiger partial charge in [0.15, 0.2) is 5.82 Å². The third kappa shape index (κ3) is 3.55. The van der Waals surface area contributed by atoms with Crippen LogP contribution in [-0.2, 0) is 0 Å². The highest BCUT2D eigenvalue weighted by molar-refractivity contribution is 5.67. The van der Waals surface area contributed by atoms with E-state index in [4.69, 9.17) is 0 Å². The van der Waals surface area contributed by atoms with Crippen LogP contribution >= 0.6 is 0 Å². The Balaban J connectivity index is 1.83. The molecule has 0 unspecified atom stereocenters. The maximum Gasteiger partial charge on any atom is 0.165 e. The molecule has 1 aromatic carbocycles. The molecule has 0 spiro atoms. The molecule has 4 rings (SSSR count). The fourth-order valence-corrected chi connectivity index (χ4v) is 3.10. The average Bonchev–Trinajstić information content (AvgIpc) is 2.98. The molecule has 1 N–H and O–H groups in total. The molecule has 0 bridgehead atoms. The molecule has 1 saturated heterocycles. The van der Waals surface area contributed by atoms with E-state index in [1.807, 2.05) is 18.2 Å². The first-order valence-electron chi connectivity index (χ1n) is 8.81. The first-order chi connectivity index (χ1) is 12.8. The van der Waals surface area contributed by atoms with Crippen molar-refractivity contribution in [1.29, 1.82) is 0 Å². The minimum absolute atomic E-state index is 0.317. The van der Waals surface area contributed by atoms with E-state index in [2.05, 4.69) is 25.2 Å². The Morgan fingerprint density at radius 2 is 1.81 bits per heavy atom. The first-order valence-corrected chi connectivity index (χ1v) is 8.81. The zero-order valence-electron chi connectivity index (χ0n) is 14.4. The third-order valence-corrected chi connectivity index (χ3v) is 4.47. The Kier molecular flexibility index (Phi) is 4.84. The minimum Gasteiger partial charge on any atom is -0.355 e. The maximum atomic E-state index is 14.3. The minimum atomic E-state index is -0.317. The van der Waals surface area contributed by atoms with Gasteiger partial charge in [0.2, 0.25) is 0 Å². The summed E-state index contributed by atoms with van der Waals surface area (Å²) in [6.45, 7) is 3.68. The molecule has 1 aliphatic rings. The number of hydrogen-bond donors (Lipinski definition) is 1. The summed E-state index contributed by atoms with van der Waals surface area (Å²) >= 11 is 0.